The second-order valence-corrected chi connectivity index (χ2v) is 6.30. The molecule has 0 bridgehead atoms. The molecule has 0 radical (unpaired) electrons. The zero-order chi connectivity index (χ0) is 12.3. The molecule has 1 heterocycles. The fourth-order valence-electron chi connectivity index (χ4n) is 2.89. The highest BCUT2D eigenvalue weighted by Crippen LogP contribution is 2.33. The second kappa shape index (κ2) is 5.96. The minimum atomic E-state index is -0.185. The summed E-state index contributed by atoms with van der Waals surface area (Å²) in [6.07, 6.45) is 6.88. The van der Waals surface area contributed by atoms with Crippen molar-refractivity contribution in [1.29, 1.82) is 0 Å². The van der Waals surface area contributed by atoms with Crippen LogP contribution in [-0.2, 0) is 6.42 Å². The molecule has 1 aliphatic carbocycles. The smallest absolute Gasteiger partial charge is 0.0954 e. The van der Waals surface area contributed by atoms with E-state index in [1.807, 2.05) is 6.92 Å². The molecule has 3 unspecified atom stereocenters. The van der Waals surface area contributed by atoms with Crippen molar-refractivity contribution >= 4 is 11.3 Å². The molecule has 3 heteroatoms. The topological polar surface area (TPSA) is 33.1 Å². The van der Waals surface area contributed by atoms with Gasteiger partial charge in [0, 0.05) is 17.5 Å². The molecule has 1 aromatic rings. The van der Waals surface area contributed by atoms with Gasteiger partial charge in [0.15, 0.2) is 0 Å². The Morgan fingerprint density at radius 3 is 3.00 bits per heavy atom. The van der Waals surface area contributed by atoms with Gasteiger partial charge in [-0.15, -0.1) is 11.3 Å². The average Bonchev–Trinajstić information content (AvgIpc) is 2.75. The minimum Gasteiger partial charge on any atom is -0.392 e. The van der Waals surface area contributed by atoms with Crippen molar-refractivity contribution < 1.29 is 5.11 Å². The van der Waals surface area contributed by atoms with Crippen LogP contribution < -0.4 is 0 Å². The van der Waals surface area contributed by atoms with Gasteiger partial charge < -0.3 is 5.11 Å². The molecule has 3 atom stereocenters. The van der Waals surface area contributed by atoms with Gasteiger partial charge in [0.1, 0.15) is 0 Å². The van der Waals surface area contributed by atoms with Gasteiger partial charge in [0.2, 0.25) is 0 Å². The van der Waals surface area contributed by atoms with E-state index in [0.29, 0.717) is 5.92 Å². The SMILES string of the molecule is CCC1CCCC(C(O)Cc2nc(C)cs2)C1. The number of aromatic nitrogens is 1. The number of hydrogen-bond donors (Lipinski definition) is 1. The number of aliphatic hydroxyl groups is 1. The summed E-state index contributed by atoms with van der Waals surface area (Å²) in [6.45, 7) is 4.28. The van der Waals surface area contributed by atoms with Crippen molar-refractivity contribution in [3.63, 3.8) is 0 Å². The zero-order valence-electron chi connectivity index (χ0n) is 10.9. The maximum absolute atomic E-state index is 10.3. The number of nitrogens with zero attached hydrogens (tertiary/aromatic N) is 1. The van der Waals surface area contributed by atoms with Crippen molar-refractivity contribution in [2.24, 2.45) is 11.8 Å². The molecule has 2 rings (SSSR count). The highest BCUT2D eigenvalue weighted by Gasteiger charge is 2.27. The van der Waals surface area contributed by atoms with Crippen LogP contribution in [0, 0.1) is 18.8 Å². The van der Waals surface area contributed by atoms with Gasteiger partial charge in [0.25, 0.3) is 0 Å². The summed E-state index contributed by atoms with van der Waals surface area (Å²) < 4.78 is 0. The Morgan fingerprint density at radius 2 is 2.35 bits per heavy atom. The van der Waals surface area contributed by atoms with Crippen LogP contribution in [0.25, 0.3) is 0 Å². The van der Waals surface area contributed by atoms with E-state index in [0.717, 1.165) is 23.0 Å². The number of hydrogen-bond acceptors (Lipinski definition) is 3. The first-order valence-corrected chi connectivity index (χ1v) is 7.66. The van der Waals surface area contributed by atoms with Gasteiger partial charge in [-0.1, -0.05) is 26.2 Å². The van der Waals surface area contributed by atoms with E-state index in [2.05, 4.69) is 17.3 Å². The van der Waals surface area contributed by atoms with E-state index in [4.69, 9.17) is 0 Å². The fourth-order valence-corrected chi connectivity index (χ4v) is 3.72. The predicted molar refractivity (Wildman–Crippen MR) is 72.3 cm³/mol. The Labute approximate surface area is 108 Å². The summed E-state index contributed by atoms with van der Waals surface area (Å²) in [5.74, 6) is 1.33. The summed E-state index contributed by atoms with van der Waals surface area (Å²) in [5, 5.41) is 13.5. The van der Waals surface area contributed by atoms with E-state index in [1.165, 1.54) is 32.1 Å². The molecule has 0 aromatic carbocycles. The standard InChI is InChI=1S/C14H23NOS/c1-3-11-5-4-6-12(7-11)13(16)8-14-15-10(2)9-17-14/h9,11-13,16H,3-8H2,1-2H3. The summed E-state index contributed by atoms with van der Waals surface area (Å²) in [7, 11) is 0. The molecule has 0 aliphatic heterocycles. The molecule has 0 amide bonds. The van der Waals surface area contributed by atoms with Crippen molar-refractivity contribution in [1.82, 2.24) is 4.98 Å². The van der Waals surface area contributed by atoms with Crippen LogP contribution in [0.3, 0.4) is 0 Å². The highest BCUT2D eigenvalue weighted by atomic mass is 32.1. The van der Waals surface area contributed by atoms with Gasteiger partial charge in [-0.3, -0.25) is 0 Å². The molecule has 1 saturated carbocycles. The van der Waals surface area contributed by atoms with Gasteiger partial charge >= 0.3 is 0 Å². The van der Waals surface area contributed by atoms with E-state index >= 15 is 0 Å². The highest BCUT2D eigenvalue weighted by molar-refractivity contribution is 7.09. The molecule has 2 nitrogen and oxygen atoms in total. The van der Waals surface area contributed by atoms with Crippen molar-refractivity contribution in [2.45, 2.75) is 58.5 Å². The number of aryl methyl sites for hydroxylation is 1. The molecule has 0 spiro atoms. The second-order valence-electron chi connectivity index (χ2n) is 5.36. The third-order valence-electron chi connectivity index (χ3n) is 4.00. The Hall–Kier alpha value is -0.410. The molecule has 1 aliphatic rings. The minimum absolute atomic E-state index is 0.185. The number of rotatable bonds is 4. The maximum Gasteiger partial charge on any atom is 0.0954 e. The van der Waals surface area contributed by atoms with E-state index in [1.54, 1.807) is 11.3 Å². The van der Waals surface area contributed by atoms with Crippen LogP contribution in [0.2, 0.25) is 0 Å². The first kappa shape index (κ1) is 13.0. The molecule has 17 heavy (non-hydrogen) atoms. The first-order valence-electron chi connectivity index (χ1n) is 6.78. The molecule has 96 valence electrons. The summed E-state index contributed by atoms with van der Waals surface area (Å²) in [4.78, 5) is 4.44. The van der Waals surface area contributed by atoms with Gasteiger partial charge in [-0.25, -0.2) is 4.98 Å². The zero-order valence-corrected chi connectivity index (χ0v) is 11.7. The number of aliphatic hydroxyl groups excluding tert-OH is 1. The monoisotopic (exact) mass is 253 g/mol. The van der Waals surface area contributed by atoms with Crippen molar-refractivity contribution in [2.75, 3.05) is 0 Å². The maximum atomic E-state index is 10.3. The van der Waals surface area contributed by atoms with Crippen LogP contribution in [0.15, 0.2) is 5.38 Å². The molecule has 1 fully saturated rings. The predicted octanol–water partition coefficient (Wildman–Crippen LogP) is 3.57. The lowest BCUT2D eigenvalue weighted by atomic mass is 9.77. The molecule has 0 saturated heterocycles. The Balaban J connectivity index is 1.88. The van der Waals surface area contributed by atoms with Crippen LogP contribution in [0.1, 0.15) is 49.7 Å². The summed E-state index contributed by atoms with van der Waals surface area (Å²) in [5.41, 5.74) is 1.08. The Morgan fingerprint density at radius 1 is 1.53 bits per heavy atom. The van der Waals surface area contributed by atoms with Crippen LogP contribution >= 0.6 is 11.3 Å². The normalized spacial score (nSPS) is 27.0. The van der Waals surface area contributed by atoms with Crippen molar-refractivity contribution in [3.8, 4) is 0 Å². The lowest BCUT2D eigenvalue weighted by Crippen LogP contribution is -2.28. The van der Waals surface area contributed by atoms with Crippen molar-refractivity contribution in [3.05, 3.63) is 16.1 Å². The third-order valence-corrected chi connectivity index (χ3v) is 4.98. The summed E-state index contributed by atoms with van der Waals surface area (Å²) in [6, 6.07) is 0. The van der Waals surface area contributed by atoms with E-state index in [-0.39, 0.29) is 6.10 Å². The fraction of sp³-hybridized carbons (Fsp3) is 0.786. The van der Waals surface area contributed by atoms with Crippen LogP contribution in [0.5, 0.6) is 0 Å². The van der Waals surface area contributed by atoms with Gasteiger partial charge in [-0.2, -0.15) is 0 Å². The molecule has 1 N–H and O–H groups in total. The third kappa shape index (κ3) is 3.52. The first-order chi connectivity index (χ1) is 8.19. The lowest BCUT2D eigenvalue weighted by Gasteiger charge is -2.31. The van der Waals surface area contributed by atoms with Crippen LogP contribution in [-0.4, -0.2) is 16.2 Å². The molecular formula is C14H23NOS. The average molecular weight is 253 g/mol. The largest absolute Gasteiger partial charge is 0.392 e. The lowest BCUT2D eigenvalue weighted by molar-refractivity contribution is 0.0684. The van der Waals surface area contributed by atoms with E-state index in [9.17, 15) is 5.11 Å². The Kier molecular flexibility index (Phi) is 4.57. The molecular weight excluding hydrogens is 230 g/mol. The summed E-state index contributed by atoms with van der Waals surface area (Å²) >= 11 is 1.68. The van der Waals surface area contributed by atoms with Crippen LogP contribution in [0.4, 0.5) is 0 Å². The Bertz CT molecular complexity index is 350. The number of thiazole rings is 1. The van der Waals surface area contributed by atoms with E-state index < -0.39 is 0 Å². The van der Waals surface area contributed by atoms with Gasteiger partial charge in [-0.05, 0) is 31.6 Å². The quantitative estimate of drug-likeness (QED) is 0.890. The van der Waals surface area contributed by atoms with Gasteiger partial charge in [0.05, 0.1) is 11.1 Å². The molecule has 1 aromatic heterocycles.